The summed E-state index contributed by atoms with van der Waals surface area (Å²) in [4.78, 5) is 10.6. The van der Waals surface area contributed by atoms with E-state index in [1.807, 2.05) is 73.7 Å². The van der Waals surface area contributed by atoms with Crippen LogP contribution in [0.15, 0.2) is 97.1 Å². The first kappa shape index (κ1) is 27.4. The van der Waals surface area contributed by atoms with Crippen molar-refractivity contribution in [1.82, 2.24) is 5.32 Å². The molecular weight excluding hydrogens is 500 g/mol. The Balaban J connectivity index is 1.66. The van der Waals surface area contributed by atoms with Crippen molar-refractivity contribution in [3.05, 3.63) is 131 Å². The van der Waals surface area contributed by atoms with Crippen molar-refractivity contribution in [2.45, 2.75) is 20.0 Å². The second-order valence-corrected chi connectivity index (χ2v) is 8.77. The zero-order valence-electron chi connectivity index (χ0n) is 21.5. The van der Waals surface area contributed by atoms with Gasteiger partial charge in [-0.05, 0) is 76.2 Å². The molecule has 0 unspecified atom stereocenters. The first-order chi connectivity index (χ1) is 18.9. The summed E-state index contributed by atoms with van der Waals surface area (Å²) in [5.74, 6) is -0.00215. The number of carboxylic acid groups (broad SMARTS) is 1. The number of halogens is 2. The molecule has 0 saturated carbocycles. The molecule has 0 saturated heterocycles. The van der Waals surface area contributed by atoms with Gasteiger partial charge in [0.2, 0.25) is 0 Å². The molecule has 0 atom stereocenters. The van der Waals surface area contributed by atoms with Crippen LogP contribution >= 0.6 is 0 Å². The van der Waals surface area contributed by atoms with Crippen LogP contribution in [0.5, 0.6) is 11.5 Å². The van der Waals surface area contributed by atoms with Gasteiger partial charge in [-0.25, -0.2) is 13.6 Å². The van der Waals surface area contributed by atoms with Gasteiger partial charge in [0.15, 0.2) is 0 Å². The van der Waals surface area contributed by atoms with E-state index in [0.29, 0.717) is 30.1 Å². The number of rotatable bonds is 11. The standard InChI is InChI=1S/C32H29F2NO4/c1-2-30(25-18-26(33)20-27(34)19-25)31(23-8-12-28(13-9-23)38-17-16-35-32(36)37)24-10-14-29(15-11-24)39-21-22-6-4-3-5-7-22/h3-15,18-20,35H,2,16-17,21H2,1H3,(H,36,37). The van der Waals surface area contributed by atoms with Gasteiger partial charge < -0.3 is 19.9 Å². The zero-order chi connectivity index (χ0) is 27.6. The maximum atomic E-state index is 14.2. The van der Waals surface area contributed by atoms with Crippen LogP contribution in [0.2, 0.25) is 0 Å². The van der Waals surface area contributed by atoms with Gasteiger partial charge in [0, 0.05) is 6.07 Å². The second-order valence-electron chi connectivity index (χ2n) is 8.77. The molecule has 4 rings (SSSR count). The Hall–Kier alpha value is -4.65. The molecule has 0 fully saturated rings. The fourth-order valence-electron chi connectivity index (χ4n) is 4.27. The van der Waals surface area contributed by atoms with Crippen LogP contribution in [0, 0.1) is 11.6 Å². The number of benzene rings is 4. The summed E-state index contributed by atoms with van der Waals surface area (Å²) in [6.07, 6.45) is -0.579. The molecule has 0 bridgehead atoms. The van der Waals surface area contributed by atoms with Crippen molar-refractivity contribution in [2.75, 3.05) is 13.2 Å². The normalized spacial score (nSPS) is 11.5. The molecule has 7 heteroatoms. The Labute approximate surface area is 226 Å². The molecule has 0 aliphatic heterocycles. The molecule has 0 spiro atoms. The molecule has 0 aliphatic rings. The van der Waals surface area contributed by atoms with Gasteiger partial charge in [0.25, 0.3) is 0 Å². The number of allylic oxidation sites excluding steroid dienone is 1. The summed E-state index contributed by atoms with van der Waals surface area (Å²) in [5, 5.41) is 10.9. The lowest BCUT2D eigenvalue weighted by Crippen LogP contribution is -2.26. The van der Waals surface area contributed by atoms with E-state index >= 15 is 0 Å². The van der Waals surface area contributed by atoms with Crippen molar-refractivity contribution in [2.24, 2.45) is 0 Å². The molecule has 0 radical (unpaired) electrons. The maximum absolute atomic E-state index is 14.2. The van der Waals surface area contributed by atoms with Crippen LogP contribution in [-0.2, 0) is 6.61 Å². The number of ether oxygens (including phenoxy) is 2. The first-order valence-corrected chi connectivity index (χ1v) is 12.6. The molecule has 0 heterocycles. The Morgan fingerprint density at radius 3 is 1.87 bits per heavy atom. The van der Waals surface area contributed by atoms with Crippen LogP contribution in [0.25, 0.3) is 11.1 Å². The number of carbonyl (C=O) groups is 1. The lowest BCUT2D eigenvalue weighted by Gasteiger charge is -2.17. The number of hydrogen-bond acceptors (Lipinski definition) is 3. The largest absolute Gasteiger partial charge is 0.492 e. The molecule has 5 nitrogen and oxygen atoms in total. The molecule has 200 valence electrons. The summed E-state index contributed by atoms with van der Waals surface area (Å²) < 4.78 is 39.9. The minimum absolute atomic E-state index is 0.159. The molecule has 1 amide bonds. The average molecular weight is 530 g/mol. The smallest absolute Gasteiger partial charge is 0.404 e. The SMILES string of the molecule is CCC(=C(c1ccc(OCCNC(=O)O)cc1)c1ccc(OCc2ccccc2)cc1)c1cc(F)cc(F)c1. The van der Waals surface area contributed by atoms with E-state index in [1.165, 1.54) is 12.1 Å². The van der Waals surface area contributed by atoms with Crippen molar-refractivity contribution in [3.63, 3.8) is 0 Å². The van der Waals surface area contributed by atoms with E-state index in [4.69, 9.17) is 14.6 Å². The summed E-state index contributed by atoms with van der Waals surface area (Å²) >= 11 is 0. The quantitative estimate of drug-likeness (QED) is 0.155. The van der Waals surface area contributed by atoms with Crippen LogP contribution in [0.3, 0.4) is 0 Å². The van der Waals surface area contributed by atoms with Crippen molar-refractivity contribution >= 4 is 17.2 Å². The Morgan fingerprint density at radius 2 is 1.33 bits per heavy atom. The molecule has 0 aromatic heterocycles. The van der Waals surface area contributed by atoms with Gasteiger partial charge in [0.1, 0.15) is 36.3 Å². The van der Waals surface area contributed by atoms with Crippen LogP contribution in [0.1, 0.15) is 35.6 Å². The van der Waals surface area contributed by atoms with E-state index in [1.54, 1.807) is 12.1 Å². The Morgan fingerprint density at radius 1 is 0.769 bits per heavy atom. The molecular formula is C32H29F2NO4. The summed E-state index contributed by atoms with van der Waals surface area (Å²) in [7, 11) is 0. The average Bonchev–Trinajstić information content (AvgIpc) is 2.93. The van der Waals surface area contributed by atoms with E-state index < -0.39 is 17.7 Å². The Bertz CT molecular complexity index is 1400. The monoisotopic (exact) mass is 529 g/mol. The third-order valence-electron chi connectivity index (χ3n) is 6.05. The fraction of sp³-hybridized carbons (Fsp3) is 0.156. The van der Waals surface area contributed by atoms with Gasteiger partial charge in [-0.3, -0.25) is 0 Å². The van der Waals surface area contributed by atoms with Crippen LogP contribution < -0.4 is 14.8 Å². The third kappa shape index (κ3) is 7.68. The molecule has 4 aromatic rings. The lowest BCUT2D eigenvalue weighted by molar-refractivity contribution is 0.191. The number of nitrogens with one attached hydrogen (secondary N) is 1. The predicted octanol–water partition coefficient (Wildman–Crippen LogP) is 7.56. The summed E-state index contributed by atoms with van der Waals surface area (Å²) in [6, 6.07) is 28.4. The zero-order valence-corrected chi connectivity index (χ0v) is 21.5. The van der Waals surface area contributed by atoms with Crippen molar-refractivity contribution in [3.8, 4) is 11.5 Å². The van der Waals surface area contributed by atoms with Crippen molar-refractivity contribution in [1.29, 1.82) is 0 Å². The summed E-state index contributed by atoms with van der Waals surface area (Å²) in [6.45, 7) is 2.73. The molecule has 39 heavy (non-hydrogen) atoms. The maximum Gasteiger partial charge on any atom is 0.404 e. The van der Waals surface area contributed by atoms with E-state index in [9.17, 15) is 13.6 Å². The number of hydrogen-bond donors (Lipinski definition) is 2. The van der Waals surface area contributed by atoms with Gasteiger partial charge in [-0.15, -0.1) is 0 Å². The summed E-state index contributed by atoms with van der Waals surface area (Å²) in [5.41, 5.74) is 4.84. The van der Waals surface area contributed by atoms with Crippen molar-refractivity contribution < 1.29 is 28.2 Å². The van der Waals surface area contributed by atoms with Gasteiger partial charge >= 0.3 is 6.09 Å². The van der Waals surface area contributed by atoms with Gasteiger partial charge in [0.05, 0.1) is 6.54 Å². The topological polar surface area (TPSA) is 67.8 Å². The predicted molar refractivity (Wildman–Crippen MR) is 148 cm³/mol. The highest BCUT2D eigenvalue weighted by atomic mass is 19.1. The Kier molecular flexibility index (Phi) is 9.29. The van der Waals surface area contributed by atoms with E-state index in [2.05, 4.69) is 5.32 Å². The van der Waals surface area contributed by atoms with E-state index in [-0.39, 0.29) is 13.2 Å². The highest BCUT2D eigenvalue weighted by molar-refractivity contribution is 5.98. The minimum Gasteiger partial charge on any atom is -0.492 e. The fourth-order valence-corrected chi connectivity index (χ4v) is 4.27. The molecule has 4 aromatic carbocycles. The second kappa shape index (κ2) is 13.2. The lowest BCUT2D eigenvalue weighted by atomic mass is 9.88. The number of amides is 1. The van der Waals surface area contributed by atoms with Gasteiger partial charge in [-0.2, -0.15) is 0 Å². The van der Waals surface area contributed by atoms with Crippen LogP contribution in [-0.4, -0.2) is 24.4 Å². The minimum atomic E-state index is -1.11. The highest BCUT2D eigenvalue weighted by Gasteiger charge is 2.15. The third-order valence-corrected chi connectivity index (χ3v) is 6.05. The molecule has 0 aliphatic carbocycles. The molecule has 2 N–H and O–H groups in total. The van der Waals surface area contributed by atoms with Crippen LogP contribution in [0.4, 0.5) is 13.6 Å². The first-order valence-electron chi connectivity index (χ1n) is 12.6. The highest BCUT2D eigenvalue weighted by Crippen LogP contribution is 2.36. The van der Waals surface area contributed by atoms with E-state index in [0.717, 1.165) is 33.9 Å². The van der Waals surface area contributed by atoms with Gasteiger partial charge in [-0.1, -0.05) is 61.5 Å².